The van der Waals surface area contributed by atoms with Gasteiger partial charge in [0.05, 0.1) is 0 Å². The van der Waals surface area contributed by atoms with Gasteiger partial charge >= 0.3 is 0 Å². The molecule has 0 amide bonds. The topological polar surface area (TPSA) is 53.4 Å². The molecule has 0 fully saturated rings. The lowest BCUT2D eigenvalue weighted by Gasteiger charge is -1.96. The Kier molecular flexibility index (Phi) is 4.57. The van der Waals surface area contributed by atoms with Gasteiger partial charge in [-0.15, -0.1) is 0 Å². The predicted molar refractivity (Wildman–Crippen MR) is 84.2 cm³/mol. The molecule has 0 saturated carbocycles. The van der Waals surface area contributed by atoms with Gasteiger partial charge in [0.1, 0.15) is 17.0 Å². The second-order valence-corrected chi connectivity index (χ2v) is 5.07. The molecule has 19 heavy (non-hydrogen) atoms. The van der Waals surface area contributed by atoms with E-state index in [1.807, 2.05) is 30.3 Å². The standard InChI is InChI=1S/C9H7NO.C6H5IO/c11-8-5-1-3-7-4-2-6-10-9(7)8;7-5-1-3-6(8)4-2-5/h1-6,11H;1-4,8H. The van der Waals surface area contributed by atoms with E-state index in [4.69, 9.17) is 5.11 Å². The van der Waals surface area contributed by atoms with E-state index in [2.05, 4.69) is 27.6 Å². The van der Waals surface area contributed by atoms with Gasteiger partial charge in [-0.05, 0) is 59.0 Å². The van der Waals surface area contributed by atoms with Crippen LogP contribution in [0.2, 0.25) is 0 Å². The van der Waals surface area contributed by atoms with Crippen molar-refractivity contribution >= 4 is 33.5 Å². The zero-order chi connectivity index (χ0) is 13.7. The largest absolute Gasteiger partial charge is 0.508 e. The quantitative estimate of drug-likeness (QED) is 0.594. The van der Waals surface area contributed by atoms with Crippen LogP contribution in [0.3, 0.4) is 0 Å². The van der Waals surface area contributed by atoms with Crippen molar-refractivity contribution in [2.75, 3.05) is 0 Å². The van der Waals surface area contributed by atoms with E-state index >= 15 is 0 Å². The van der Waals surface area contributed by atoms with Crippen molar-refractivity contribution in [3.05, 3.63) is 64.4 Å². The number of phenols is 2. The molecular formula is C15H12INO2. The fraction of sp³-hybridized carbons (Fsp3) is 0. The fourth-order valence-electron chi connectivity index (χ4n) is 1.53. The monoisotopic (exact) mass is 365 g/mol. The van der Waals surface area contributed by atoms with Crippen LogP contribution in [0.4, 0.5) is 0 Å². The van der Waals surface area contributed by atoms with Crippen LogP contribution in [0.25, 0.3) is 10.9 Å². The van der Waals surface area contributed by atoms with Crippen molar-refractivity contribution in [3.8, 4) is 11.5 Å². The molecule has 2 aromatic carbocycles. The summed E-state index contributed by atoms with van der Waals surface area (Å²) in [5.74, 6) is 0.563. The Balaban J connectivity index is 0.000000148. The number of para-hydroxylation sites is 1. The van der Waals surface area contributed by atoms with Crippen LogP contribution < -0.4 is 0 Å². The van der Waals surface area contributed by atoms with Gasteiger partial charge in [0, 0.05) is 15.2 Å². The Hall–Kier alpha value is -1.82. The summed E-state index contributed by atoms with van der Waals surface area (Å²) in [5.41, 5.74) is 0.662. The second-order valence-electron chi connectivity index (χ2n) is 3.83. The number of aromatic nitrogens is 1. The summed E-state index contributed by atoms with van der Waals surface area (Å²) in [7, 11) is 0. The number of hydrogen-bond donors (Lipinski definition) is 2. The van der Waals surface area contributed by atoms with Crippen molar-refractivity contribution in [2.24, 2.45) is 0 Å². The highest BCUT2D eigenvalue weighted by molar-refractivity contribution is 14.1. The third kappa shape index (κ3) is 3.82. The third-order valence-corrected chi connectivity index (χ3v) is 3.16. The number of halogens is 1. The van der Waals surface area contributed by atoms with Crippen LogP contribution >= 0.6 is 22.6 Å². The number of rotatable bonds is 0. The molecule has 0 aliphatic rings. The molecule has 0 radical (unpaired) electrons. The lowest BCUT2D eigenvalue weighted by atomic mass is 10.2. The molecule has 2 N–H and O–H groups in total. The lowest BCUT2D eigenvalue weighted by Crippen LogP contribution is -1.76. The maximum absolute atomic E-state index is 9.31. The van der Waals surface area contributed by atoms with Crippen LogP contribution in [-0.2, 0) is 0 Å². The molecule has 3 rings (SSSR count). The summed E-state index contributed by atoms with van der Waals surface area (Å²) in [6, 6.07) is 16.2. The summed E-state index contributed by atoms with van der Waals surface area (Å²) in [4.78, 5) is 4.03. The number of aromatic hydroxyl groups is 2. The van der Waals surface area contributed by atoms with Gasteiger partial charge in [-0.3, -0.25) is 4.98 Å². The third-order valence-electron chi connectivity index (χ3n) is 2.44. The molecule has 0 unspecified atom stereocenters. The molecule has 0 aliphatic carbocycles. The number of hydrogen-bond acceptors (Lipinski definition) is 3. The van der Waals surface area contributed by atoms with Crippen molar-refractivity contribution in [1.82, 2.24) is 4.98 Å². The van der Waals surface area contributed by atoms with E-state index in [-0.39, 0.29) is 5.75 Å². The number of benzene rings is 2. The second kappa shape index (κ2) is 6.38. The average molecular weight is 365 g/mol. The van der Waals surface area contributed by atoms with E-state index in [0.717, 1.165) is 8.96 Å². The van der Waals surface area contributed by atoms with E-state index in [9.17, 15) is 5.11 Å². The molecule has 0 atom stereocenters. The Morgan fingerprint density at radius 1 is 0.842 bits per heavy atom. The van der Waals surface area contributed by atoms with Crippen LogP contribution in [-0.4, -0.2) is 15.2 Å². The first-order chi connectivity index (χ1) is 9.16. The zero-order valence-electron chi connectivity index (χ0n) is 9.99. The molecule has 4 heteroatoms. The molecule has 1 aromatic heterocycles. The normalized spacial score (nSPS) is 9.74. The molecular weight excluding hydrogens is 353 g/mol. The molecule has 3 aromatic rings. The number of pyridine rings is 1. The summed E-state index contributed by atoms with van der Waals surface area (Å²) in [6.45, 7) is 0. The molecule has 0 spiro atoms. The van der Waals surface area contributed by atoms with Crippen LogP contribution in [0, 0.1) is 3.57 Å². The van der Waals surface area contributed by atoms with Gasteiger partial charge in [0.15, 0.2) is 0 Å². The highest BCUT2D eigenvalue weighted by Crippen LogP contribution is 2.20. The van der Waals surface area contributed by atoms with E-state index < -0.39 is 0 Å². The zero-order valence-corrected chi connectivity index (χ0v) is 12.2. The first-order valence-electron chi connectivity index (χ1n) is 5.64. The number of fused-ring (bicyclic) bond motifs is 1. The van der Waals surface area contributed by atoms with Gasteiger partial charge in [0.2, 0.25) is 0 Å². The highest BCUT2D eigenvalue weighted by Gasteiger charge is 1.96. The van der Waals surface area contributed by atoms with Crippen molar-refractivity contribution < 1.29 is 10.2 Å². The molecule has 0 aliphatic heterocycles. The van der Waals surface area contributed by atoms with E-state index in [1.54, 1.807) is 30.5 Å². The molecule has 0 bridgehead atoms. The molecule has 0 saturated heterocycles. The smallest absolute Gasteiger partial charge is 0.141 e. The van der Waals surface area contributed by atoms with E-state index in [0.29, 0.717) is 11.3 Å². The minimum absolute atomic E-state index is 0.239. The van der Waals surface area contributed by atoms with Crippen LogP contribution in [0.15, 0.2) is 60.8 Å². The van der Waals surface area contributed by atoms with Gasteiger partial charge in [-0.2, -0.15) is 0 Å². The van der Waals surface area contributed by atoms with Crippen molar-refractivity contribution in [1.29, 1.82) is 0 Å². The first-order valence-corrected chi connectivity index (χ1v) is 6.72. The first kappa shape index (κ1) is 13.6. The molecule has 3 nitrogen and oxygen atoms in total. The maximum atomic E-state index is 9.31. The summed E-state index contributed by atoms with van der Waals surface area (Å²) in [5, 5.41) is 19.0. The maximum Gasteiger partial charge on any atom is 0.141 e. The van der Waals surface area contributed by atoms with Gasteiger partial charge in [0.25, 0.3) is 0 Å². The summed E-state index contributed by atoms with van der Waals surface area (Å²) >= 11 is 2.19. The summed E-state index contributed by atoms with van der Waals surface area (Å²) in [6.07, 6.45) is 1.67. The van der Waals surface area contributed by atoms with Gasteiger partial charge < -0.3 is 10.2 Å². The van der Waals surface area contributed by atoms with E-state index in [1.165, 1.54) is 0 Å². The van der Waals surface area contributed by atoms with Gasteiger partial charge in [-0.25, -0.2) is 0 Å². The molecule has 1 heterocycles. The highest BCUT2D eigenvalue weighted by atomic mass is 127. The predicted octanol–water partition coefficient (Wildman–Crippen LogP) is 3.94. The Labute approximate surface area is 124 Å². The Morgan fingerprint density at radius 3 is 2.16 bits per heavy atom. The Morgan fingerprint density at radius 2 is 1.53 bits per heavy atom. The Bertz CT molecular complexity index is 642. The summed E-state index contributed by atoms with van der Waals surface area (Å²) < 4.78 is 1.14. The van der Waals surface area contributed by atoms with Gasteiger partial charge in [-0.1, -0.05) is 18.2 Å². The number of nitrogens with zero attached hydrogens (tertiary/aromatic N) is 1. The SMILES string of the molecule is Oc1ccc(I)cc1.Oc1cccc2cccnc12. The van der Waals surface area contributed by atoms with Crippen LogP contribution in [0.5, 0.6) is 11.5 Å². The number of phenolic OH excluding ortho intramolecular Hbond substituents is 2. The van der Waals surface area contributed by atoms with Crippen LogP contribution in [0.1, 0.15) is 0 Å². The minimum Gasteiger partial charge on any atom is -0.508 e. The fourth-order valence-corrected chi connectivity index (χ4v) is 1.89. The van der Waals surface area contributed by atoms with Crippen molar-refractivity contribution in [2.45, 2.75) is 0 Å². The van der Waals surface area contributed by atoms with Crippen molar-refractivity contribution in [3.63, 3.8) is 0 Å². The average Bonchev–Trinajstić information content (AvgIpc) is 2.44. The molecule has 96 valence electrons. The lowest BCUT2D eigenvalue weighted by molar-refractivity contribution is 0.475. The minimum atomic E-state index is 0.239.